The number of benzene rings is 1. The third kappa shape index (κ3) is 2.05. The second-order valence-electron chi connectivity index (χ2n) is 5.28. The fourth-order valence-electron chi connectivity index (χ4n) is 2.49. The van der Waals surface area contributed by atoms with Crippen molar-refractivity contribution < 1.29 is 4.39 Å². The van der Waals surface area contributed by atoms with Crippen LogP contribution in [0.2, 0.25) is 0 Å². The van der Waals surface area contributed by atoms with Gasteiger partial charge in [0.25, 0.3) is 0 Å². The molecular formula is C16H14FN3. The highest BCUT2D eigenvalue weighted by Crippen LogP contribution is 2.41. The summed E-state index contributed by atoms with van der Waals surface area (Å²) in [6, 6.07) is 10.5. The van der Waals surface area contributed by atoms with E-state index in [-0.39, 0.29) is 5.82 Å². The van der Waals surface area contributed by atoms with Crippen LogP contribution in [0, 0.1) is 24.1 Å². The molecule has 0 radical (unpaired) electrons. The normalized spacial score (nSPS) is 16.2. The average Bonchev–Trinajstić information content (AvgIpc) is 2.37. The minimum absolute atomic E-state index is 0.293. The smallest absolute Gasteiger partial charge is 0.149 e. The van der Waals surface area contributed by atoms with Crippen molar-refractivity contribution in [2.24, 2.45) is 0 Å². The summed E-state index contributed by atoms with van der Waals surface area (Å²) in [5, 5.41) is 9.40. The SMILES string of the molecule is Cc1cc(-c2cccc(F)c2)nc(C2(C#N)CCC2)n1. The molecule has 1 heterocycles. The number of aryl methyl sites for hydroxylation is 1. The third-order valence-corrected chi connectivity index (χ3v) is 3.82. The number of nitrogens with zero attached hydrogens (tertiary/aromatic N) is 3. The summed E-state index contributed by atoms with van der Waals surface area (Å²) < 4.78 is 13.3. The van der Waals surface area contributed by atoms with Crippen molar-refractivity contribution in [2.45, 2.75) is 31.6 Å². The Morgan fingerprint density at radius 1 is 1.25 bits per heavy atom. The lowest BCUT2D eigenvalue weighted by Gasteiger charge is -2.33. The number of hydrogen-bond acceptors (Lipinski definition) is 3. The van der Waals surface area contributed by atoms with Gasteiger partial charge >= 0.3 is 0 Å². The Balaban J connectivity index is 2.10. The average molecular weight is 267 g/mol. The van der Waals surface area contributed by atoms with E-state index in [0.29, 0.717) is 17.1 Å². The molecule has 0 spiro atoms. The predicted octanol–water partition coefficient (Wildman–Crippen LogP) is 3.54. The van der Waals surface area contributed by atoms with Gasteiger partial charge < -0.3 is 0 Å². The van der Waals surface area contributed by atoms with Gasteiger partial charge in [0.05, 0.1) is 11.8 Å². The number of nitriles is 1. The summed E-state index contributed by atoms with van der Waals surface area (Å²) >= 11 is 0. The highest BCUT2D eigenvalue weighted by molar-refractivity contribution is 5.59. The van der Waals surface area contributed by atoms with Gasteiger partial charge in [-0.25, -0.2) is 14.4 Å². The van der Waals surface area contributed by atoms with Crippen LogP contribution in [0.4, 0.5) is 4.39 Å². The fraction of sp³-hybridized carbons (Fsp3) is 0.312. The molecule has 1 aliphatic carbocycles. The third-order valence-electron chi connectivity index (χ3n) is 3.82. The van der Waals surface area contributed by atoms with Crippen molar-refractivity contribution in [1.29, 1.82) is 5.26 Å². The van der Waals surface area contributed by atoms with Crippen LogP contribution >= 0.6 is 0 Å². The Morgan fingerprint density at radius 3 is 2.65 bits per heavy atom. The van der Waals surface area contributed by atoms with E-state index in [1.807, 2.05) is 19.1 Å². The molecule has 3 rings (SSSR count). The lowest BCUT2D eigenvalue weighted by Crippen LogP contribution is -2.34. The maximum Gasteiger partial charge on any atom is 0.149 e. The van der Waals surface area contributed by atoms with Crippen LogP contribution in [-0.2, 0) is 5.41 Å². The van der Waals surface area contributed by atoms with Crippen molar-refractivity contribution in [3.05, 3.63) is 47.7 Å². The van der Waals surface area contributed by atoms with Gasteiger partial charge in [-0.3, -0.25) is 0 Å². The minimum Gasteiger partial charge on any atom is -0.236 e. The molecule has 1 aromatic carbocycles. The molecule has 0 unspecified atom stereocenters. The Morgan fingerprint density at radius 2 is 2.05 bits per heavy atom. The van der Waals surface area contributed by atoms with Crippen LogP contribution in [0.15, 0.2) is 30.3 Å². The Hall–Kier alpha value is -2.28. The van der Waals surface area contributed by atoms with Gasteiger partial charge in [0.2, 0.25) is 0 Å². The van der Waals surface area contributed by atoms with E-state index in [4.69, 9.17) is 0 Å². The van der Waals surface area contributed by atoms with E-state index < -0.39 is 5.41 Å². The molecule has 0 atom stereocenters. The summed E-state index contributed by atoms with van der Waals surface area (Å²) in [5.74, 6) is 0.282. The summed E-state index contributed by atoms with van der Waals surface area (Å²) in [6.45, 7) is 1.87. The molecule has 0 aliphatic heterocycles. The van der Waals surface area contributed by atoms with E-state index in [0.717, 1.165) is 25.0 Å². The molecule has 1 aliphatic rings. The summed E-state index contributed by atoms with van der Waals surface area (Å²) in [5.41, 5.74) is 1.64. The van der Waals surface area contributed by atoms with Crippen LogP contribution < -0.4 is 0 Å². The van der Waals surface area contributed by atoms with Crippen LogP contribution in [0.5, 0.6) is 0 Å². The Bertz CT molecular complexity index is 699. The molecule has 0 bridgehead atoms. The molecule has 4 heteroatoms. The van der Waals surface area contributed by atoms with E-state index in [1.54, 1.807) is 6.07 Å². The van der Waals surface area contributed by atoms with Gasteiger partial charge in [-0.15, -0.1) is 0 Å². The number of aromatic nitrogens is 2. The van der Waals surface area contributed by atoms with E-state index in [1.165, 1.54) is 12.1 Å². The van der Waals surface area contributed by atoms with E-state index in [9.17, 15) is 9.65 Å². The molecule has 0 saturated heterocycles. The number of rotatable bonds is 2. The molecular weight excluding hydrogens is 253 g/mol. The molecule has 1 fully saturated rings. The quantitative estimate of drug-likeness (QED) is 0.836. The van der Waals surface area contributed by atoms with Crippen molar-refractivity contribution >= 4 is 0 Å². The Labute approximate surface area is 117 Å². The topological polar surface area (TPSA) is 49.6 Å². The Kier molecular flexibility index (Phi) is 2.98. The highest BCUT2D eigenvalue weighted by Gasteiger charge is 2.42. The van der Waals surface area contributed by atoms with Crippen LogP contribution in [0.1, 0.15) is 30.8 Å². The maximum absolute atomic E-state index is 13.3. The zero-order chi connectivity index (χ0) is 14.2. The zero-order valence-corrected chi connectivity index (χ0v) is 11.2. The van der Waals surface area contributed by atoms with Crippen molar-refractivity contribution in [3.8, 4) is 17.3 Å². The second-order valence-corrected chi connectivity index (χ2v) is 5.28. The predicted molar refractivity (Wildman–Crippen MR) is 73.3 cm³/mol. The molecule has 0 N–H and O–H groups in total. The van der Waals surface area contributed by atoms with Gasteiger partial charge in [0.15, 0.2) is 0 Å². The number of halogens is 1. The summed E-state index contributed by atoms with van der Waals surface area (Å²) in [4.78, 5) is 8.93. The largest absolute Gasteiger partial charge is 0.236 e. The van der Waals surface area contributed by atoms with Crippen molar-refractivity contribution in [3.63, 3.8) is 0 Å². The lowest BCUT2D eigenvalue weighted by atomic mass is 9.69. The maximum atomic E-state index is 13.3. The van der Waals surface area contributed by atoms with Gasteiger partial charge in [0, 0.05) is 11.3 Å². The lowest BCUT2D eigenvalue weighted by molar-refractivity contribution is 0.307. The molecule has 1 aromatic heterocycles. The molecule has 20 heavy (non-hydrogen) atoms. The summed E-state index contributed by atoms with van der Waals surface area (Å²) in [6.07, 6.45) is 2.63. The van der Waals surface area contributed by atoms with Crippen molar-refractivity contribution in [2.75, 3.05) is 0 Å². The van der Waals surface area contributed by atoms with Gasteiger partial charge in [-0.05, 0) is 44.4 Å². The number of hydrogen-bond donors (Lipinski definition) is 0. The zero-order valence-electron chi connectivity index (χ0n) is 11.2. The monoisotopic (exact) mass is 267 g/mol. The first-order valence-corrected chi connectivity index (χ1v) is 6.66. The van der Waals surface area contributed by atoms with Crippen LogP contribution in [-0.4, -0.2) is 9.97 Å². The van der Waals surface area contributed by atoms with Gasteiger partial charge in [-0.1, -0.05) is 12.1 Å². The molecule has 100 valence electrons. The molecule has 3 nitrogen and oxygen atoms in total. The fourth-order valence-corrected chi connectivity index (χ4v) is 2.49. The standard InChI is InChI=1S/C16H14FN3/c1-11-8-14(12-4-2-5-13(17)9-12)20-15(19-11)16(10-18)6-3-7-16/h2,4-5,8-9H,3,6-7H2,1H3. The first-order valence-electron chi connectivity index (χ1n) is 6.66. The highest BCUT2D eigenvalue weighted by atomic mass is 19.1. The molecule has 2 aromatic rings. The van der Waals surface area contributed by atoms with Gasteiger partial charge in [0.1, 0.15) is 17.1 Å². The van der Waals surface area contributed by atoms with Gasteiger partial charge in [-0.2, -0.15) is 5.26 Å². The van der Waals surface area contributed by atoms with Crippen molar-refractivity contribution in [1.82, 2.24) is 9.97 Å². The molecule has 1 saturated carbocycles. The van der Waals surface area contributed by atoms with Crippen LogP contribution in [0.25, 0.3) is 11.3 Å². The first kappa shape index (κ1) is 12.7. The van der Waals surface area contributed by atoms with Crippen LogP contribution in [0.3, 0.4) is 0 Å². The second kappa shape index (κ2) is 4.68. The molecule has 0 amide bonds. The minimum atomic E-state index is -0.548. The van der Waals surface area contributed by atoms with E-state index >= 15 is 0 Å². The first-order chi connectivity index (χ1) is 9.63. The van der Waals surface area contributed by atoms with E-state index in [2.05, 4.69) is 16.0 Å². The summed E-state index contributed by atoms with van der Waals surface area (Å²) in [7, 11) is 0.